The maximum Gasteiger partial charge on any atom is 0.323 e. The minimum atomic E-state index is -4.12. The van der Waals surface area contributed by atoms with E-state index in [1.807, 2.05) is 0 Å². The van der Waals surface area contributed by atoms with Crippen LogP contribution in [0.3, 0.4) is 0 Å². The highest BCUT2D eigenvalue weighted by Gasteiger charge is 2.26. The van der Waals surface area contributed by atoms with Crippen LogP contribution in [0.1, 0.15) is 16.8 Å². The summed E-state index contributed by atoms with van der Waals surface area (Å²) in [6.45, 7) is 0.657. The van der Waals surface area contributed by atoms with Crippen molar-refractivity contribution in [2.75, 3.05) is 19.7 Å². The largest absolute Gasteiger partial charge is 0.492 e. The van der Waals surface area contributed by atoms with E-state index in [0.717, 1.165) is 19.0 Å². The lowest BCUT2D eigenvalue weighted by Crippen LogP contribution is -2.50. The van der Waals surface area contributed by atoms with E-state index in [-0.39, 0.29) is 10.5 Å². The monoisotopic (exact) mass is 489 g/mol. The summed E-state index contributed by atoms with van der Waals surface area (Å²) in [7, 11) is -4.12. The molecule has 1 aromatic carbocycles. The summed E-state index contributed by atoms with van der Waals surface area (Å²) in [4.78, 5) is 36.6. The molecule has 0 fully saturated rings. The normalized spacial score (nSPS) is 12.3. The van der Waals surface area contributed by atoms with Gasteiger partial charge in [0.05, 0.1) is 24.2 Å². The number of aromatic nitrogens is 1. The Morgan fingerprint density at radius 3 is 2.53 bits per heavy atom. The first-order valence-corrected chi connectivity index (χ1v) is 11.9. The number of carboxylic acids is 1. The minimum Gasteiger partial charge on any atom is -0.492 e. The number of carboxylic acid groups (broad SMARTS) is 1. The number of ether oxygens (including phenoxy) is 1. The molecule has 0 aliphatic carbocycles. The summed E-state index contributed by atoms with van der Waals surface area (Å²) in [5.41, 5.74) is 3.69. The molecule has 12 heteroatoms. The average Bonchev–Trinajstić information content (AvgIpc) is 2.82. The van der Waals surface area contributed by atoms with Crippen molar-refractivity contribution in [3.8, 4) is 5.75 Å². The Kier molecular flexibility index (Phi) is 7.99. The van der Waals surface area contributed by atoms with Crippen molar-refractivity contribution in [3.63, 3.8) is 0 Å². The number of hydrogen-bond acceptors (Lipinski definition) is 6. The van der Waals surface area contributed by atoms with Gasteiger partial charge in [0.25, 0.3) is 11.5 Å². The summed E-state index contributed by atoms with van der Waals surface area (Å²) in [5.74, 6) is -1.69. The Balaban J connectivity index is 1.72. The first-order chi connectivity index (χ1) is 16.2. The second kappa shape index (κ2) is 10.9. The molecule has 2 heterocycles. The van der Waals surface area contributed by atoms with Crippen molar-refractivity contribution in [1.29, 1.82) is 0 Å². The van der Waals surface area contributed by atoms with Crippen LogP contribution in [0.25, 0.3) is 5.52 Å². The number of carbonyl (C=O) groups excluding carboxylic acids is 1. The summed E-state index contributed by atoms with van der Waals surface area (Å²) in [5, 5.41) is 11.8. The maximum atomic E-state index is 12.6. The van der Waals surface area contributed by atoms with E-state index >= 15 is 0 Å². The van der Waals surface area contributed by atoms with Crippen molar-refractivity contribution < 1.29 is 33.6 Å². The highest BCUT2D eigenvalue weighted by molar-refractivity contribution is 7.89. The fourth-order valence-electron chi connectivity index (χ4n) is 3.04. The number of aliphatic carboxylic acids is 1. The number of benzene rings is 1. The number of quaternary nitrogens is 1. The lowest BCUT2D eigenvalue weighted by molar-refractivity contribution is -0.368. The molecule has 3 rings (SSSR count). The molecule has 6 N–H and O–H groups in total. The fourth-order valence-corrected chi connectivity index (χ4v) is 4.25. The predicted molar refractivity (Wildman–Crippen MR) is 122 cm³/mol. The van der Waals surface area contributed by atoms with E-state index in [0.29, 0.717) is 17.9 Å². The zero-order chi connectivity index (χ0) is 24.7. The van der Waals surface area contributed by atoms with Gasteiger partial charge in [0.2, 0.25) is 10.0 Å². The lowest BCUT2D eigenvalue weighted by Gasteiger charge is -2.16. The molecular formula is C22H25N4O7S+. The van der Waals surface area contributed by atoms with E-state index in [1.54, 1.807) is 18.2 Å². The molecule has 34 heavy (non-hydrogen) atoms. The van der Waals surface area contributed by atoms with Crippen LogP contribution in [0.15, 0.2) is 70.5 Å². The topological polar surface area (TPSA) is 171 Å². The standard InChI is InChI=1S/C22H24N4O7S/c23-9-4-10-33-17-8-7-16-11-15(12-20(27)26(16)14-17)21(28)24-13-19(22(29)30)25-34(31,32)18-5-2-1-3-6-18/h1-3,5-8,11-12,14,19,25H,4,9-10,13,23H2,(H,24,28)(H,29,30)/p+1. The van der Waals surface area contributed by atoms with Crippen molar-refractivity contribution >= 4 is 27.4 Å². The molecule has 1 unspecified atom stereocenters. The zero-order valence-electron chi connectivity index (χ0n) is 18.1. The van der Waals surface area contributed by atoms with E-state index in [2.05, 4.69) is 15.8 Å². The third-order valence-corrected chi connectivity index (χ3v) is 6.30. The first-order valence-electron chi connectivity index (χ1n) is 10.4. The number of nitrogens with one attached hydrogen (secondary N) is 2. The Bertz CT molecular complexity index is 1340. The highest BCUT2D eigenvalue weighted by Crippen LogP contribution is 2.13. The van der Waals surface area contributed by atoms with Crippen LogP contribution in [0, 0.1) is 0 Å². The minimum absolute atomic E-state index is 0.00535. The Morgan fingerprint density at radius 2 is 1.85 bits per heavy atom. The molecule has 0 bridgehead atoms. The third kappa shape index (κ3) is 6.19. The molecule has 3 aromatic rings. The van der Waals surface area contributed by atoms with Gasteiger partial charge in [-0.3, -0.25) is 18.8 Å². The first kappa shape index (κ1) is 24.9. The molecule has 180 valence electrons. The second-order valence-electron chi connectivity index (χ2n) is 7.33. The molecule has 1 atom stereocenters. The van der Waals surface area contributed by atoms with Gasteiger partial charge < -0.3 is 20.9 Å². The average molecular weight is 490 g/mol. The summed E-state index contributed by atoms with van der Waals surface area (Å²) >= 11 is 0. The maximum absolute atomic E-state index is 12.6. The molecule has 0 saturated heterocycles. The predicted octanol–water partition coefficient (Wildman–Crippen LogP) is -0.528. The van der Waals surface area contributed by atoms with Gasteiger partial charge >= 0.3 is 5.97 Å². The summed E-state index contributed by atoms with van der Waals surface area (Å²) in [6.07, 6.45) is 2.28. The van der Waals surface area contributed by atoms with Crippen LogP contribution < -0.4 is 26.1 Å². The number of carbonyl (C=O) groups is 2. The lowest BCUT2D eigenvalue weighted by atomic mass is 10.2. The number of nitrogens with zero attached hydrogens (tertiary/aromatic N) is 1. The molecule has 0 aliphatic heterocycles. The van der Waals surface area contributed by atoms with Gasteiger partial charge in [0, 0.05) is 30.1 Å². The quantitative estimate of drug-likeness (QED) is 0.262. The van der Waals surface area contributed by atoms with Crippen molar-refractivity contribution in [3.05, 3.63) is 76.7 Å². The van der Waals surface area contributed by atoms with Crippen molar-refractivity contribution in [1.82, 2.24) is 14.4 Å². The van der Waals surface area contributed by atoms with Gasteiger partial charge in [-0.1, -0.05) is 18.2 Å². The van der Waals surface area contributed by atoms with Crippen LogP contribution >= 0.6 is 0 Å². The van der Waals surface area contributed by atoms with Crippen LogP contribution in [-0.2, 0) is 14.8 Å². The molecule has 0 saturated carbocycles. The van der Waals surface area contributed by atoms with Crippen LogP contribution in [-0.4, -0.2) is 55.5 Å². The number of sulfonamides is 1. The number of fused-ring (bicyclic) bond motifs is 1. The second-order valence-corrected chi connectivity index (χ2v) is 9.05. The van der Waals surface area contributed by atoms with E-state index < -0.39 is 40.0 Å². The molecular weight excluding hydrogens is 464 g/mol. The van der Waals surface area contributed by atoms with Crippen molar-refractivity contribution in [2.45, 2.75) is 17.4 Å². The summed E-state index contributed by atoms with van der Waals surface area (Å²) < 4.78 is 33.8. The van der Waals surface area contributed by atoms with Crippen LogP contribution in [0.4, 0.5) is 0 Å². The van der Waals surface area contributed by atoms with E-state index in [4.69, 9.17) is 4.74 Å². The SMILES string of the molecule is [NH3+]CCCOc1ccc2cc(C(=O)NCC(NS(=O)(=O)c3ccccc3)C(=O)O)cc(=O)n2c1. The molecule has 0 spiro atoms. The Labute approximate surface area is 195 Å². The van der Waals surface area contributed by atoms with Crippen LogP contribution in [0.5, 0.6) is 5.75 Å². The fraction of sp³-hybridized carbons (Fsp3) is 0.227. The van der Waals surface area contributed by atoms with Gasteiger partial charge in [-0.15, -0.1) is 0 Å². The van der Waals surface area contributed by atoms with Gasteiger partial charge in [-0.2, -0.15) is 4.72 Å². The smallest absolute Gasteiger partial charge is 0.323 e. The molecule has 2 aromatic heterocycles. The van der Waals surface area contributed by atoms with E-state index in [1.165, 1.54) is 40.9 Å². The number of amides is 1. The number of hydrogen-bond donors (Lipinski definition) is 4. The Morgan fingerprint density at radius 1 is 1.12 bits per heavy atom. The number of pyridine rings is 2. The molecule has 0 radical (unpaired) electrons. The van der Waals surface area contributed by atoms with Crippen LogP contribution in [0.2, 0.25) is 0 Å². The molecule has 0 aliphatic rings. The van der Waals surface area contributed by atoms with Gasteiger partial charge in [-0.05, 0) is 30.3 Å². The highest BCUT2D eigenvalue weighted by atomic mass is 32.2. The molecule has 11 nitrogen and oxygen atoms in total. The summed E-state index contributed by atoms with van der Waals surface area (Å²) in [6, 6.07) is 11.5. The van der Waals surface area contributed by atoms with E-state index in [9.17, 15) is 27.9 Å². The van der Waals surface area contributed by atoms with Gasteiger partial charge in [0.1, 0.15) is 11.8 Å². The third-order valence-electron chi connectivity index (χ3n) is 4.81. The van der Waals surface area contributed by atoms with Gasteiger partial charge in [0.15, 0.2) is 0 Å². The van der Waals surface area contributed by atoms with Gasteiger partial charge in [-0.25, -0.2) is 8.42 Å². The van der Waals surface area contributed by atoms with Crippen molar-refractivity contribution in [2.24, 2.45) is 0 Å². The number of rotatable bonds is 11. The molecule has 1 amide bonds. The zero-order valence-corrected chi connectivity index (χ0v) is 19.0. The Hall–Kier alpha value is -3.74.